The molecule has 0 amide bonds. The quantitative estimate of drug-likeness (QED) is 0.473. The molecule has 10 heavy (non-hydrogen) atoms. The van der Waals surface area contributed by atoms with Gasteiger partial charge in [-0.1, -0.05) is 13.8 Å². The maximum atomic E-state index is 10.8. The number of ether oxygens (including phenoxy) is 1. The molecule has 0 radical (unpaired) electrons. The van der Waals surface area contributed by atoms with Crippen LogP contribution in [0.25, 0.3) is 0 Å². The molecule has 0 bridgehead atoms. The maximum absolute atomic E-state index is 10.8. The Labute approximate surface area is 60.6 Å². The van der Waals surface area contributed by atoms with Gasteiger partial charge in [0.05, 0.1) is 6.61 Å². The smallest absolute Gasteiger partial charge is 0.306 e. The van der Waals surface area contributed by atoms with E-state index in [4.69, 9.17) is 4.74 Å². The molecule has 2 rings (SSSR count). The fourth-order valence-corrected chi connectivity index (χ4v) is 2.01. The number of rotatable bonds is 0. The average molecular weight is 140 g/mol. The summed E-state index contributed by atoms with van der Waals surface area (Å²) in [6.45, 7) is 5.09. The molecule has 0 aromatic heterocycles. The van der Waals surface area contributed by atoms with Crippen molar-refractivity contribution >= 4 is 5.97 Å². The van der Waals surface area contributed by atoms with Gasteiger partial charge in [-0.05, 0) is 11.3 Å². The van der Waals surface area contributed by atoms with Crippen molar-refractivity contribution in [1.29, 1.82) is 0 Å². The van der Waals surface area contributed by atoms with E-state index >= 15 is 0 Å². The van der Waals surface area contributed by atoms with Gasteiger partial charge in [0.1, 0.15) is 0 Å². The van der Waals surface area contributed by atoms with E-state index in [0.29, 0.717) is 30.3 Å². The second-order valence-corrected chi connectivity index (χ2v) is 3.92. The van der Waals surface area contributed by atoms with Crippen molar-refractivity contribution < 1.29 is 9.53 Å². The molecule has 0 unspecified atom stereocenters. The van der Waals surface area contributed by atoms with Crippen LogP contribution in [-0.2, 0) is 9.53 Å². The zero-order valence-corrected chi connectivity index (χ0v) is 6.39. The zero-order valence-electron chi connectivity index (χ0n) is 6.39. The third-order valence-corrected chi connectivity index (χ3v) is 3.10. The molecule has 2 nitrogen and oxygen atoms in total. The van der Waals surface area contributed by atoms with Gasteiger partial charge >= 0.3 is 5.97 Å². The van der Waals surface area contributed by atoms with Gasteiger partial charge in [-0.2, -0.15) is 0 Å². The van der Waals surface area contributed by atoms with Crippen LogP contribution >= 0.6 is 0 Å². The number of esters is 1. The summed E-state index contributed by atoms with van der Waals surface area (Å²) in [6.07, 6.45) is 0.650. The van der Waals surface area contributed by atoms with Crippen LogP contribution in [0.5, 0.6) is 0 Å². The van der Waals surface area contributed by atoms with E-state index in [-0.39, 0.29) is 5.97 Å². The molecule has 0 aromatic carbocycles. The van der Waals surface area contributed by atoms with Crippen molar-refractivity contribution in [2.45, 2.75) is 20.3 Å². The van der Waals surface area contributed by atoms with Gasteiger partial charge in [0.15, 0.2) is 0 Å². The Bertz CT molecular complexity index is 184. The lowest BCUT2D eigenvalue weighted by molar-refractivity contribution is -0.147. The van der Waals surface area contributed by atoms with Gasteiger partial charge < -0.3 is 4.74 Å². The van der Waals surface area contributed by atoms with Crippen LogP contribution in [-0.4, -0.2) is 12.6 Å². The lowest BCUT2D eigenvalue weighted by atomic mass is 10.1. The van der Waals surface area contributed by atoms with Crippen LogP contribution in [0.1, 0.15) is 20.3 Å². The predicted molar refractivity (Wildman–Crippen MR) is 36.3 cm³/mol. The first-order valence-electron chi connectivity index (χ1n) is 3.78. The van der Waals surface area contributed by atoms with Gasteiger partial charge in [0, 0.05) is 12.3 Å². The molecule has 0 N–H and O–H groups in total. The Kier molecular flexibility index (Phi) is 0.960. The molecular formula is C8H12O2. The van der Waals surface area contributed by atoms with Crippen LogP contribution in [0.2, 0.25) is 0 Å². The van der Waals surface area contributed by atoms with Crippen LogP contribution in [0.3, 0.4) is 0 Å². The highest BCUT2D eigenvalue weighted by Gasteiger charge is 2.60. The molecule has 1 heterocycles. The first kappa shape index (κ1) is 6.20. The summed E-state index contributed by atoms with van der Waals surface area (Å²) in [6, 6.07) is 0. The normalized spacial score (nSPS) is 42.0. The first-order chi connectivity index (χ1) is 4.62. The molecule has 2 heteroatoms. The number of hydrogen-bond donors (Lipinski definition) is 0. The lowest BCUT2D eigenvalue weighted by Gasteiger charge is -2.07. The van der Waals surface area contributed by atoms with E-state index in [2.05, 4.69) is 13.8 Å². The van der Waals surface area contributed by atoms with Crippen molar-refractivity contribution in [3.63, 3.8) is 0 Å². The van der Waals surface area contributed by atoms with Gasteiger partial charge in [0.25, 0.3) is 0 Å². The van der Waals surface area contributed by atoms with Crippen molar-refractivity contribution in [3.05, 3.63) is 0 Å². The summed E-state index contributed by atoms with van der Waals surface area (Å²) in [4.78, 5) is 10.8. The molecule has 1 saturated carbocycles. The van der Waals surface area contributed by atoms with Gasteiger partial charge in [-0.15, -0.1) is 0 Å². The minimum atomic E-state index is -0.00757. The van der Waals surface area contributed by atoms with Crippen LogP contribution in [0, 0.1) is 17.3 Å². The molecule has 0 aromatic rings. The average Bonchev–Trinajstić information content (AvgIpc) is 2.36. The molecule has 1 saturated heterocycles. The van der Waals surface area contributed by atoms with E-state index in [1.165, 1.54) is 0 Å². The third-order valence-electron chi connectivity index (χ3n) is 3.10. The fourth-order valence-electron chi connectivity index (χ4n) is 2.01. The molecule has 2 fully saturated rings. The van der Waals surface area contributed by atoms with Crippen LogP contribution in [0.15, 0.2) is 0 Å². The number of fused-ring (bicyclic) bond motifs is 1. The van der Waals surface area contributed by atoms with Crippen molar-refractivity contribution in [3.8, 4) is 0 Å². The highest BCUT2D eigenvalue weighted by atomic mass is 16.5. The molecule has 1 aliphatic carbocycles. The standard InChI is InChI=1S/C8H12O2/c1-8(2)5-3-7(9)10-4-6(5)8/h5-6H,3-4H2,1-2H3/t5-,6-/m1/s1. The molecule has 2 atom stereocenters. The van der Waals surface area contributed by atoms with Gasteiger partial charge in [-0.3, -0.25) is 4.79 Å². The molecular weight excluding hydrogens is 128 g/mol. The largest absolute Gasteiger partial charge is 0.465 e. The number of carbonyl (C=O) groups is 1. The van der Waals surface area contributed by atoms with E-state index < -0.39 is 0 Å². The van der Waals surface area contributed by atoms with Crippen LogP contribution in [0.4, 0.5) is 0 Å². The Hall–Kier alpha value is -0.530. The van der Waals surface area contributed by atoms with Gasteiger partial charge in [0.2, 0.25) is 0 Å². The summed E-state index contributed by atoms with van der Waals surface area (Å²) in [5.74, 6) is 1.27. The number of hydrogen-bond acceptors (Lipinski definition) is 2. The second-order valence-electron chi connectivity index (χ2n) is 3.92. The molecule has 2 aliphatic rings. The predicted octanol–water partition coefficient (Wildman–Crippen LogP) is 1.21. The van der Waals surface area contributed by atoms with Crippen LogP contribution < -0.4 is 0 Å². The monoisotopic (exact) mass is 140 g/mol. The van der Waals surface area contributed by atoms with E-state index in [1.54, 1.807) is 0 Å². The lowest BCUT2D eigenvalue weighted by Crippen LogP contribution is -2.14. The Balaban J connectivity index is 2.10. The van der Waals surface area contributed by atoms with Crippen molar-refractivity contribution in [1.82, 2.24) is 0 Å². The number of carbonyl (C=O) groups excluding carboxylic acids is 1. The van der Waals surface area contributed by atoms with Gasteiger partial charge in [-0.25, -0.2) is 0 Å². The second kappa shape index (κ2) is 1.55. The SMILES string of the molecule is CC1(C)[C@@H]2COC(=O)C[C@H]21. The summed E-state index contributed by atoms with van der Waals surface area (Å²) in [7, 11) is 0. The minimum absolute atomic E-state index is 0.00757. The molecule has 1 aliphatic heterocycles. The number of cyclic esters (lactones) is 1. The summed E-state index contributed by atoms with van der Waals surface area (Å²) < 4.78 is 4.93. The van der Waals surface area contributed by atoms with E-state index in [1.807, 2.05) is 0 Å². The Morgan fingerprint density at radius 1 is 1.50 bits per heavy atom. The minimum Gasteiger partial charge on any atom is -0.465 e. The zero-order chi connectivity index (χ0) is 7.35. The fraction of sp³-hybridized carbons (Fsp3) is 0.875. The van der Waals surface area contributed by atoms with Crippen molar-refractivity contribution in [2.75, 3.05) is 6.61 Å². The van der Waals surface area contributed by atoms with E-state index in [9.17, 15) is 4.79 Å². The maximum Gasteiger partial charge on any atom is 0.306 e. The third kappa shape index (κ3) is 0.619. The Morgan fingerprint density at radius 2 is 2.20 bits per heavy atom. The first-order valence-corrected chi connectivity index (χ1v) is 3.78. The van der Waals surface area contributed by atoms with Crippen molar-refractivity contribution in [2.24, 2.45) is 17.3 Å². The molecule has 0 spiro atoms. The Morgan fingerprint density at radius 3 is 2.70 bits per heavy atom. The topological polar surface area (TPSA) is 26.3 Å². The summed E-state index contributed by atoms with van der Waals surface area (Å²) in [5.41, 5.74) is 0.381. The van der Waals surface area contributed by atoms with E-state index in [0.717, 1.165) is 0 Å². The summed E-state index contributed by atoms with van der Waals surface area (Å²) in [5, 5.41) is 0. The summed E-state index contributed by atoms with van der Waals surface area (Å²) >= 11 is 0. The highest BCUT2D eigenvalue weighted by Crippen LogP contribution is 2.61. The highest BCUT2D eigenvalue weighted by molar-refractivity contribution is 5.71. The molecule has 56 valence electrons.